The van der Waals surface area contributed by atoms with Gasteiger partial charge >= 0.3 is 11.9 Å². The lowest BCUT2D eigenvalue weighted by molar-refractivity contribution is -0.165. The fourth-order valence-electron chi connectivity index (χ4n) is 2.42. The van der Waals surface area contributed by atoms with Crippen LogP contribution in [-0.4, -0.2) is 55.8 Å². The standard InChI is InChI=1S/C10H20O.C4H6O6/c1-7(2)9-5-4-8(3)6-10(9)11;5-1(3(7)8)2(6)4(9)10/h7-11H,4-6H2,1-3H3;1-2,5-6H,(H,7,8)(H,9,10)/t;1-,2-/m.1/s1. The number of aliphatic hydroxyl groups is 3. The monoisotopic (exact) mass is 306 g/mol. The van der Waals surface area contributed by atoms with Crippen molar-refractivity contribution in [3.8, 4) is 0 Å². The van der Waals surface area contributed by atoms with E-state index in [1.165, 1.54) is 12.8 Å². The third-order valence-electron chi connectivity index (χ3n) is 3.79. The van der Waals surface area contributed by atoms with E-state index in [4.69, 9.17) is 20.4 Å². The lowest BCUT2D eigenvalue weighted by Crippen LogP contribution is -2.39. The van der Waals surface area contributed by atoms with Crippen LogP contribution in [0.15, 0.2) is 0 Å². The number of hydrogen-bond donors (Lipinski definition) is 5. The molecule has 3 unspecified atom stereocenters. The molecule has 1 saturated carbocycles. The van der Waals surface area contributed by atoms with E-state index in [0.29, 0.717) is 11.8 Å². The minimum absolute atomic E-state index is 0.0289. The highest BCUT2D eigenvalue weighted by Gasteiger charge is 2.29. The third-order valence-corrected chi connectivity index (χ3v) is 3.79. The summed E-state index contributed by atoms with van der Waals surface area (Å²) < 4.78 is 0. The van der Waals surface area contributed by atoms with Gasteiger partial charge in [0.2, 0.25) is 0 Å². The number of carboxylic acid groups (broad SMARTS) is 2. The molecule has 124 valence electrons. The molecule has 1 fully saturated rings. The highest BCUT2D eigenvalue weighted by molar-refractivity contribution is 5.83. The van der Waals surface area contributed by atoms with Crippen LogP contribution in [0.4, 0.5) is 0 Å². The molecule has 0 aromatic rings. The van der Waals surface area contributed by atoms with Crippen molar-refractivity contribution in [2.45, 2.75) is 58.3 Å². The van der Waals surface area contributed by atoms with Crippen LogP contribution in [0.2, 0.25) is 0 Å². The first-order chi connectivity index (χ1) is 9.57. The molecule has 7 heteroatoms. The molecule has 0 spiro atoms. The molecule has 7 nitrogen and oxygen atoms in total. The Bertz CT molecular complexity index is 324. The van der Waals surface area contributed by atoms with E-state index in [-0.39, 0.29) is 6.10 Å². The lowest BCUT2D eigenvalue weighted by atomic mass is 9.75. The molecule has 0 saturated heterocycles. The molecular weight excluding hydrogens is 280 g/mol. The second-order valence-electron chi connectivity index (χ2n) is 5.96. The highest BCUT2D eigenvalue weighted by Crippen LogP contribution is 2.33. The van der Waals surface area contributed by atoms with Crippen LogP contribution in [0.25, 0.3) is 0 Å². The average Bonchev–Trinajstić information content (AvgIpc) is 2.36. The van der Waals surface area contributed by atoms with Crippen molar-refractivity contribution in [3.05, 3.63) is 0 Å². The minimum atomic E-state index is -2.27. The topological polar surface area (TPSA) is 135 Å². The Hall–Kier alpha value is -1.18. The van der Waals surface area contributed by atoms with Gasteiger partial charge in [0.05, 0.1) is 6.10 Å². The Morgan fingerprint density at radius 1 is 1.00 bits per heavy atom. The zero-order valence-electron chi connectivity index (χ0n) is 12.6. The number of aliphatic hydroxyl groups excluding tert-OH is 3. The highest BCUT2D eigenvalue weighted by atomic mass is 16.4. The van der Waals surface area contributed by atoms with Crippen LogP contribution in [0.5, 0.6) is 0 Å². The van der Waals surface area contributed by atoms with E-state index in [9.17, 15) is 14.7 Å². The first-order valence-electron chi connectivity index (χ1n) is 7.07. The average molecular weight is 306 g/mol. The number of carbonyl (C=O) groups is 2. The molecule has 1 rings (SSSR count). The van der Waals surface area contributed by atoms with E-state index in [0.717, 1.165) is 12.3 Å². The maximum atomic E-state index is 9.77. The first-order valence-corrected chi connectivity index (χ1v) is 7.07. The van der Waals surface area contributed by atoms with Crippen LogP contribution in [-0.2, 0) is 9.59 Å². The van der Waals surface area contributed by atoms with Gasteiger partial charge in [-0.2, -0.15) is 0 Å². The predicted octanol–water partition coefficient (Wildman–Crippen LogP) is 0.317. The zero-order valence-corrected chi connectivity index (χ0v) is 12.6. The number of hydrogen-bond acceptors (Lipinski definition) is 5. The number of carboxylic acids is 2. The van der Waals surface area contributed by atoms with Crippen LogP contribution in [0, 0.1) is 17.8 Å². The second kappa shape index (κ2) is 8.96. The molecule has 0 heterocycles. The molecule has 0 aromatic heterocycles. The quantitative estimate of drug-likeness (QED) is 0.504. The van der Waals surface area contributed by atoms with E-state index in [2.05, 4.69) is 20.8 Å². The van der Waals surface area contributed by atoms with Gasteiger partial charge in [-0.05, 0) is 30.6 Å². The molecule has 0 bridgehead atoms. The van der Waals surface area contributed by atoms with Gasteiger partial charge < -0.3 is 25.5 Å². The van der Waals surface area contributed by atoms with Crippen molar-refractivity contribution in [3.63, 3.8) is 0 Å². The van der Waals surface area contributed by atoms with Gasteiger partial charge in [0, 0.05) is 0 Å². The van der Waals surface area contributed by atoms with Gasteiger partial charge in [0.25, 0.3) is 0 Å². The zero-order chi connectivity index (χ0) is 16.7. The van der Waals surface area contributed by atoms with Gasteiger partial charge in [0.15, 0.2) is 12.2 Å². The van der Waals surface area contributed by atoms with Crippen molar-refractivity contribution < 1.29 is 35.1 Å². The predicted molar refractivity (Wildman–Crippen MR) is 74.6 cm³/mol. The normalized spacial score (nSPS) is 28.2. The summed E-state index contributed by atoms with van der Waals surface area (Å²) in [6.07, 6.45) is -1.02. The summed E-state index contributed by atoms with van der Waals surface area (Å²) in [5, 5.41) is 42.2. The molecule has 5 N–H and O–H groups in total. The van der Waals surface area contributed by atoms with Gasteiger partial charge in [-0.1, -0.05) is 27.2 Å². The molecular formula is C14H26O7. The van der Waals surface area contributed by atoms with E-state index >= 15 is 0 Å². The smallest absolute Gasteiger partial charge is 0.335 e. The SMILES string of the molecule is CC1CCC(C(C)C)C(O)C1.O=C(O)[C@H](O)[C@@H](O)C(=O)O. The van der Waals surface area contributed by atoms with E-state index in [1.807, 2.05) is 0 Å². The van der Waals surface area contributed by atoms with Crippen molar-refractivity contribution in [1.29, 1.82) is 0 Å². The van der Waals surface area contributed by atoms with Gasteiger partial charge in [-0.15, -0.1) is 0 Å². The molecule has 0 aromatic carbocycles. The largest absolute Gasteiger partial charge is 0.479 e. The fourth-order valence-corrected chi connectivity index (χ4v) is 2.42. The Morgan fingerprint density at radius 2 is 1.43 bits per heavy atom. The Balaban J connectivity index is 0.000000384. The van der Waals surface area contributed by atoms with Crippen LogP contribution >= 0.6 is 0 Å². The summed E-state index contributed by atoms with van der Waals surface area (Å²) in [6.45, 7) is 6.66. The molecule has 21 heavy (non-hydrogen) atoms. The maximum absolute atomic E-state index is 9.77. The molecule has 0 amide bonds. The van der Waals surface area contributed by atoms with E-state index < -0.39 is 24.1 Å². The van der Waals surface area contributed by atoms with Crippen molar-refractivity contribution in [1.82, 2.24) is 0 Å². The van der Waals surface area contributed by atoms with Crippen molar-refractivity contribution >= 4 is 11.9 Å². The number of aliphatic carboxylic acids is 2. The summed E-state index contributed by atoms with van der Waals surface area (Å²) in [5.41, 5.74) is 0. The van der Waals surface area contributed by atoms with E-state index in [1.54, 1.807) is 0 Å². The minimum Gasteiger partial charge on any atom is -0.479 e. The van der Waals surface area contributed by atoms with Gasteiger partial charge in [0.1, 0.15) is 0 Å². The molecule has 0 aliphatic heterocycles. The molecule has 5 atom stereocenters. The summed E-state index contributed by atoms with van der Waals surface area (Å²) >= 11 is 0. The summed E-state index contributed by atoms with van der Waals surface area (Å²) in [6, 6.07) is 0. The Labute approximate surface area is 124 Å². The molecule has 0 radical (unpaired) electrons. The fraction of sp³-hybridized carbons (Fsp3) is 0.857. The second-order valence-corrected chi connectivity index (χ2v) is 5.96. The summed E-state index contributed by atoms with van der Waals surface area (Å²) in [7, 11) is 0. The Kier molecular flexibility index (Phi) is 8.46. The van der Waals surface area contributed by atoms with Gasteiger partial charge in [-0.25, -0.2) is 9.59 Å². The van der Waals surface area contributed by atoms with Crippen molar-refractivity contribution in [2.75, 3.05) is 0 Å². The van der Waals surface area contributed by atoms with Gasteiger partial charge in [-0.3, -0.25) is 0 Å². The van der Waals surface area contributed by atoms with Crippen molar-refractivity contribution in [2.24, 2.45) is 17.8 Å². The first kappa shape index (κ1) is 19.8. The van der Waals surface area contributed by atoms with Crippen LogP contribution in [0.1, 0.15) is 40.0 Å². The third kappa shape index (κ3) is 6.88. The van der Waals surface area contributed by atoms with Crippen LogP contribution in [0.3, 0.4) is 0 Å². The maximum Gasteiger partial charge on any atom is 0.335 e. The summed E-state index contributed by atoms with van der Waals surface area (Å²) in [4.78, 5) is 19.5. The Morgan fingerprint density at radius 3 is 1.71 bits per heavy atom. The number of rotatable bonds is 4. The van der Waals surface area contributed by atoms with Crippen LogP contribution < -0.4 is 0 Å². The summed E-state index contributed by atoms with van der Waals surface area (Å²) in [5.74, 6) is -1.59. The molecule has 1 aliphatic rings. The lowest BCUT2D eigenvalue weighted by Gasteiger charge is -2.33. The molecule has 1 aliphatic carbocycles.